The average molecular weight is 481 g/mol. The molecule has 1 aromatic heterocycles. The minimum atomic E-state index is -0.587. The molecule has 0 radical (unpaired) electrons. The molecule has 1 heterocycles. The summed E-state index contributed by atoms with van der Waals surface area (Å²) in [5, 5.41) is 8.48. The molecule has 33 heavy (non-hydrogen) atoms. The number of nitrogens with zero attached hydrogens (tertiary/aromatic N) is 1. The molecule has 4 rings (SSSR count). The van der Waals surface area contributed by atoms with E-state index in [0.717, 1.165) is 22.6 Å². The summed E-state index contributed by atoms with van der Waals surface area (Å²) in [6.45, 7) is 5.45. The minimum Gasteiger partial charge on any atom is -0.423 e. The predicted octanol–water partition coefficient (Wildman–Crippen LogP) is 7.47. The molecule has 0 saturated carbocycles. The third-order valence-electron chi connectivity index (χ3n) is 5.27. The lowest BCUT2D eigenvalue weighted by Gasteiger charge is -2.20. The molecular weight excluding hydrogens is 462 g/mol. The van der Waals surface area contributed by atoms with Crippen molar-refractivity contribution < 1.29 is 13.9 Å². The monoisotopic (exact) mass is 480 g/mol. The highest BCUT2D eigenvalue weighted by Crippen LogP contribution is 2.44. The van der Waals surface area contributed by atoms with Crippen LogP contribution in [0.3, 0.4) is 0 Å². The Morgan fingerprint density at radius 1 is 1.12 bits per heavy atom. The highest BCUT2D eigenvalue weighted by Gasteiger charge is 2.22. The van der Waals surface area contributed by atoms with Gasteiger partial charge in [-0.1, -0.05) is 67.0 Å². The van der Waals surface area contributed by atoms with E-state index < -0.39 is 11.8 Å². The molecule has 0 fully saturated rings. The molecule has 0 aliphatic rings. The Kier molecular flexibility index (Phi) is 6.63. The van der Waals surface area contributed by atoms with Crippen LogP contribution in [0.4, 0.5) is 4.39 Å². The number of aromatic amines is 1. The predicted molar refractivity (Wildman–Crippen MR) is 131 cm³/mol. The van der Waals surface area contributed by atoms with Gasteiger partial charge in [-0.25, -0.2) is 9.18 Å². The van der Waals surface area contributed by atoms with Crippen molar-refractivity contribution in [1.82, 2.24) is 10.2 Å². The maximum Gasteiger partial charge on any atom is 0.335 e. The standard InChI is InChI=1S/C26H19Cl2FN2O2/c1-3-16(17-10-9-15(29)13-21(17)27)25(18-7-5-6-8-23(18)33-24(32)4-2)19-11-12-22-20(26(19)28)14-30-31-22/h4-14H,2-3H2,1H3,(H,30,31)/b25-16+. The van der Waals surface area contributed by atoms with Gasteiger partial charge in [0.1, 0.15) is 11.6 Å². The van der Waals surface area contributed by atoms with Crippen molar-refractivity contribution in [3.05, 3.63) is 106 Å². The van der Waals surface area contributed by atoms with Crippen LogP contribution in [-0.2, 0) is 4.79 Å². The van der Waals surface area contributed by atoms with Gasteiger partial charge in [-0.3, -0.25) is 5.10 Å². The lowest BCUT2D eigenvalue weighted by Crippen LogP contribution is -2.06. The zero-order valence-corrected chi connectivity index (χ0v) is 19.2. The lowest BCUT2D eigenvalue weighted by atomic mass is 9.87. The molecule has 166 valence electrons. The van der Waals surface area contributed by atoms with Crippen LogP contribution in [0.5, 0.6) is 5.75 Å². The number of nitrogens with one attached hydrogen (secondary N) is 1. The molecule has 4 nitrogen and oxygen atoms in total. The first-order valence-corrected chi connectivity index (χ1v) is 10.9. The average Bonchev–Trinajstić information content (AvgIpc) is 3.29. The maximum atomic E-state index is 13.8. The molecule has 4 aromatic rings. The number of benzene rings is 3. The van der Waals surface area contributed by atoms with Crippen LogP contribution in [0, 0.1) is 5.82 Å². The van der Waals surface area contributed by atoms with Gasteiger partial charge in [-0.2, -0.15) is 5.10 Å². The van der Waals surface area contributed by atoms with Crippen molar-refractivity contribution in [3.63, 3.8) is 0 Å². The van der Waals surface area contributed by atoms with Gasteiger partial charge in [0.2, 0.25) is 0 Å². The van der Waals surface area contributed by atoms with Crippen LogP contribution in [0.2, 0.25) is 10.0 Å². The van der Waals surface area contributed by atoms with Crippen LogP contribution < -0.4 is 4.74 Å². The second-order valence-corrected chi connectivity index (χ2v) is 8.00. The summed E-state index contributed by atoms with van der Waals surface area (Å²) in [5.41, 5.74) is 4.30. The van der Waals surface area contributed by atoms with Gasteiger partial charge < -0.3 is 4.74 Å². The van der Waals surface area contributed by atoms with Crippen LogP contribution in [0.1, 0.15) is 30.0 Å². The highest BCUT2D eigenvalue weighted by atomic mass is 35.5. The fourth-order valence-corrected chi connectivity index (χ4v) is 4.38. The molecule has 0 saturated heterocycles. The number of rotatable bonds is 6. The zero-order chi connectivity index (χ0) is 23.5. The number of carbonyl (C=O) groups is 1. The van der Waals surface area contributed by atoms with Crippen LogP contribution in [-0.4, -0.2) is 16.2 Å². The van der Waals surface area contributed by atoms with E-state index in [4.69, 9.17) is 27.9 Å². The summed E-state index contributed by atoms with van der Waals surface area (Å²) in [4.78, 5) is 12.0. The molecular formula is C26H19Cl2FN2O2. The fourth-order valence-electron chi connectivity index (χ4n) is 3.79. The van der Waals surface area contributed by atoms with Gasteiger partial charge >= 0.3 is 5.97 Å². The highest BCUT2D eigenvalue weighted by molar-refractivity contribution is 6.38. The van der Waals surface area contributed by atoms with E-state index >= 15 is 0 Å². The number of fused-ring (bicyclic) bond motifs is 1. The summed E-state index contributed by atoms with van der Waals surface area (Å²) in [6, 6.07) is 15.2. The molecule has 0 atom stereocenters. The Morgan fingerprint density at radius 2 is 1.88 bits per heavy atom. The number of esters is 1. The van der Waals surface area contributed by atoms with Crippen molar-refractivity contribution in [3.8, 4) is 5.75 Å². The fraction of sp³-hybridized carbons (Fsp3) is 0.0769. The van der Waals surface area contributed by atoms with Gasteiger partial charge in [0.15, 0.2) is 0 Å². The van der Waals surface area contributed by atoms with Gasteiger partial charge in [0.05, 0.1) is 21.8 Å². The Bertz CT molecular complexity index is 1410. The van der Waals surface area contributed by atoms with Crippen LogP contribution in [0.15, 0.2) is 73.4 Å². The first-order valence-electron chi connectivity index (χ1n) is 10.2. The number of hydrogen-bond donors (Lipinski definition) is 1. The maximum absolute atomic E-state index is 13.8. The van der Waals surface area contributed by atoms with Crippen molar-refractivity contribution in [1.29, 1.82) is 0 Å². The zero-order valence-electron chi connectivity index (χ0n) is 17.7. The largest absolute Gasteiger partial charge is 0.423 e. The SMILES string of the molecule is C=CC(=O)Oc1ccccc1/C(=C(/CC)c1ccc(F)cc1Cl)c1ccc2[nH]ncc2c1Cl. The molecule has 3 aromatic carbocycles. The third kappa shape index (κ3) is 4.42. The number of hydrogen-bond acceptors (Lipinski definition) is 3. The summed E-state index contributed by atoms with van der Waals surface area (Å²) in [7, 11) is 0. The van der Waals surface area contributed by atoms with E-state index in [1.54, 1.807) is 24.4 Å². The second-order valence-electron chi connectivity index (χ2n) is 7.21. The Hall–Kier alpha value is -3.41. The lowest BCUT2D eigenvalue weighted by molar-refractivity contribution is -0.128. The van der Waals surface area contributed by atoms with Crippen molar-refractivity contribution >= 4 is 51.2 Å². The second kappa shape index (κ2) is 9.61. The number of carbonyl (C=O) groups excluding carboxylic acids is 1. The molecule has 0 amide bonds. The molecule has 0 aliphatic carbocycles. The van der Waals surface area contributed by atoms with E-state index in [2.05, 4.69) is 16.8 Å². The number of para-hydroxylation sites is 1. The Balaban J connectivity index is 2.09. The molecule has 7 heteroatoms. The summed E-state index contributed by atoms with van der Waals surface area (Å²) < 4.78 is 19.4. The number of halogens is 3. The first kappa shape index (κ1) is 22.8. The number of H-pyrrole nitrogens is 1. The first-order chi connectivity index (χ1) is 15.9. The summed E-state index contributed by atoms with van der Waals surface area (Å²) >= 11 is 13.3. The van der Waals surface area contributed by atoms with Crippen molar-refractivity contribution in [2.75, 3.05) is 0 Å². The molecule has 0 unspecified atom stereocenters. The van der Waals surface area contributed by atoms with Crippen molar-refractivity contribution in [2.45, 2.75) is 13.3 Å². The van der Waals surface area contributed by atoms with Crippen LogP contribution >= 0.6 is 23.2 Å². The number of allylic oxidation sites excluding steroid dienone is 1. The summed E-state index contributed by atoms with van der Waals surface area (Å²) in [6.07, 6.45) is 3.30. The van der Waals surface area contributed by atoms with Gasteiger partial charge in [-0.05, 0) is 47.4 Å². The van der Waals surface area contributed by atoms with E-state index in [-0.39, 0.29) is 5.02 Å². The van der Waals surface area contributed by atoms with Crippen molar-refractivity contribution in [2.24, 2.45) is 0 Å². The Labute approximate surface area is 200 Å². The molecule has 0 bridgehead atoms. The quantitative estimate of drug-likeness (QED) is 0.135. The number of ether oxygens (including phenoxy) is 1. The van der Waals surface area contributed by atoms with Gasteiger partial charge in [0.25, 0.3) is 0 Å². The van der Waals surface area contributed by atoms with E-state index in [1.807, 2.05) is 31.2 Å². The third-order valence-corrected chi connectivity index (χ3v) is 5.99. The van der Waals surface area contributed by atoms with Gasteiger partial charge in [0, 0.05) is 22.6 Å². The normalized spacial score (nSPS) is 11.9. The topological polar surface area (TPSA) is 55.0 Å². The minimum absolute atomic E-state index is 0.269. The Morgan fingerprint density at radius 3 is 2.61 bits per heavy atom. The summed E-state index contributed by atoms with van der Waals surface area (Å²) in [5.74, 6) is -0.681. The smallest absolute Gasteiger partial charge is 0.335 e. The van der Waals surface area contributed by atoms with Crippen LogP contribution in [0.25, 0.3) is 22.0 Å². The molecule has 0 spiro atoms. The molecule has 0 aliphatic heterocycles. The van der Waals surface area contributed by atoms with E-state index in [9.17, 15) is 9.18 Å². The van der Waals surface area contributed by atoms with E-state index in [1.165, 1.54) is 12.1 Å². The number of aromatic nitrogens is 2. The van der Waals surface area contributed by atoms with E-state index in [0.29, 0.717) is 39.5 Å². The van der Waals surface area contributed by atoms with Gasteiger partial charge in [-0.15, -0.1) is 0 Å². The molecule has 1 N–H and O–H groups in total.